The quantitative estimate of drug-likeness (QED) is 0.790. The summed E-state index contributed by atoms with van der Waals surface area (Å²) in [6.45, 7) is 2.25. The molecule has 0 unspecified atom stereocenters. The maximum absolute atomic E-state index is 11.8. The highest BCUT2D eigenvalue weighted by molar-refractivity contribution is 5.89. The van der Waals surface area contributed by atoms with E-state index in [1.54, 1.807) is 12.1 Å². The summed E-state index contributed by atoms with van der Waals surface area (Å²) < 4.78 is 10.2. The Balaban J connectivity index is 1.99. The first-order chi connectivity index (χ1) is 9.20. The van der Waals surface area contributed by atoms with Crippen molar-refractivity contribution in [2.75, 3.05) is 7.11 Å². The maximum Gasteiger partial charge on any atom is 0.340 e. The van der Waals surface area contributed by atoms with Crippen LogP contribution in [0.5, 0.6) is 5.88 Å². The van der Waals surface area contributed by atoms with Crippen LogP contribution in [0.3, 0.4) is 0 Å². The molecular weight excluding hydrogens is 242 g/mol. The van der Waals surface area contributed by atoms with Crippen molar-refractivity contribution >= 4 is 5.97 Å². The lowest BCUT2D eigenvalue weighted by molar-refractivity contribution is 0.0471. The fraction of sp³-hybridized carbons (Fsp3) is 0.200. The number of nitrogens with zero attached hydrogens (tertiary/aromatic N) is 1. The standard InChI is InChI=1S/C15H15NO3/c1-11-5-3-4-6-13(11)10-19-15(17)12-7-8-14(18-2)16-9-12/h3-9H,10H2,1-2H3. The monoisotopic (exact) mass is 257 g/mol. The molecule has 0 aliphatic rings. The fourth-order valence-electron chi connectivity index (χ4n) is 1.62. The zero-order valence-electron chi connectivity index (χ0n) is 10.9. The van der Waals surface area contributed by atoms with Crippen LogP contribution in [0.25, 0.3) is 0 Å². The fourth-order valence-corrected chi connectivity index (χ4v) is 1.62. The molecule has 19 heavy (non-hydrogen) atoms. The van der Waals surface area contributed by atoms with Gasteiger partial charge in [-0.1, -0.05) is 24.3 Å². The number of benzene rings is 1. The lowest BCUT2D eigenvalue weighted by atomic mass is 10.1. The van der Waals surface area contributed by atoms with Crippen LogP contribution in [0.4, 0.5) is 0 Å². The molecule has 0 aliphatic heterocycles. The number of carbonyl (C=O) groups excluding carboxylic acids is 1. The Hall–Kier alpha value is -2.36. The Morgan fingerprint density at radius 1 is 1.21 bits per heavy atom. The molecule has 98 valence electrons. The maximum atomic E-state index is 11.8. The molecular formula is C15H15NO3. The molecule has 0 aliphatic carbocycles. The Morgan fingerprint density at radius 3 is 2.63 bits per heavy atom. The third-order valence-corrected chi connectivity index (χ3v) is 2.80. The number of methoxy groups -OCH3 is 1. The van der Waals surface area contributed by atoms with Gasteiger partial charge in [0.25, 0.3) is 0 Å². The van der Waals surface area contributed by atoms with E-state index < -0.39 is 5.97 Å². The second-order valence-corrected chi connectivity index (χ2v) is 4.09. The molecule has 0 radical (unpaired) electrons. The summed E-state index contributed by atoms with van der Waals surface area (Å²) in [5.41, 5.74) is 2.51. The van der Waals surface area contributed by atoms with E-state index in [0.717, 1.165) is 11.1 Å². The molecule has 2 aromatic rings. The third-order valence-electron chi connectivity index (χ3n) is 2.80. The van der Waals surface area contributed by atoms with Crippen LogP contribution < -0.4 is 4.74 Å². The van der Waals surface area contributed by atoms with Crippen molar-refractivity contribution in [3.05, 3.63) is 59.3 Å². The molecule has 0 N–H and O–H groups in total. The normalized spacial score (nSPS) is 10.0. The van der Waals surface area contributed by atoms with Crippen molar-refractivity contribution in [1.82, 2.24) is 4.98 Å². The minimum atomic E-state index is -0.390. The second-order valence-electron chi connectivity index (χ2n) is 4.09. The molecule has 1 heterocycles. The van der Waals surface area contributed by atoms with Crippen LogP contribution in [0, 0.1) is 6.92 Å². The van der Waals surface area contributed by atoms with E-state index in [1.807, 2.05) is 31.2 Å². The Bertz CT molecular complexity index is 564. The first kappa shape index (κ1) is 13.1. The SMILES string of the molecule is COc1ccc(C(=O)OCc2ccccc2C)cn1. The topological polar surface area (TPSA) is 48.4 Å². The summed E-state index contributed by atoms with van der Waals surface area (Å²) in [6.07, 6.45) is 1.44. The van der Waals surface area contributed by atoms with Crippen molar-refractivity contribution in [3.8, 4) is 5.88 Å². The van der Waals surface area contributed by atoms with Crippen LogP contribution >= 0.6 is 0 Å². The van der Waals surface area contributed by atoms with Crippen LogP contribution in [-0.2, 0) is 11.3 Å². The number of pyridine rings is 1. The van der Waals surface area contributed by atoms with Crippen LogP contribution in [0.1, 0.15) is 21.5 Å². The number of aryl methyl sites for hydroxylation is 1. The molecule has 4 heteroatoms. The average molecular weight is 257 g/mol. The zero-order valence-corrected chi connectivity index (χ0v) is 10.9. The van der Waals surface area contributed by atoms with Crippen LogP contribution in [-0.4, -0.2) is 18.1 Å². The molecule has 0 saturated carbocycles. The van der Waals surface area contributed by atoms with E-state index >= 15 is 0 Å². The van der Waals surface area contributed by atoms with Gasteiger partial charge in [-0.25, -0.2) is 9.78 Å². The van der Waals surface area contributed by atoms with E-state index in [2.05, 4.69) is 4.98 Å². The van der Waals surface area contributed by atoms with Crippen molar-refractivity contribution < 1.29 is 14.3 Å². The minimum Gasteiger partial charge on any atom is -0.481 e. The van der Waals surface area contributed by atoms with Crippen molar-refractivity contribution in [2.24, 2.45) is 0 Å². The van der Waals surface area contributed by atoms with Gasteiger partial charge in [-0.15, -0.1) is 0 Å². The molecule has 1 aromatic heterocycles. The van der Waals surface area contributed by atoms with Gasteiger partial charge >= 0.3 is 5.97 Å². The molecule has 0 spiro atoms. The number of aromatic nitrogens is 1. The first-order valence-corrected chi connectivity index (χ1v) is 5.92. The third kappa shape index (κ3) is 3.31. The summed E-state index contributed by atoms with van der Waals surface area (Å²) in [4.78, 5) is 15.8. The van der Waals surface area contributed by atoms with Gasteiger partial charge in [-0.2, -0.15) is 0 Å². The molecule has 0 amide bonds. The van der Waals surface area contributed by atoms with Gasteiger partial charge in [0, 0.05) is 12.3 Å². The second kappa shape index (κ2) is 6.00. The first-order valence-electron chi connectivity index (χ1n) is 5.92. The predicted octanol–water partition coefficient (Wildman–Crippen LogP) is 2.76. The summed E-state index contributed by atoms with van der Waals surface area (Å²) >= 11 is 0. The van der Waals surface area contributed by atoms with Crippen molar-refractivity contribution in [3.63, 3.8) is 0 Å². The summed E-state index contributed by atoms with van der Waals surface area (Å²) in [5.74, 6) is 0.0776. The zero-order chi connectivity index (χ0) is 13.7. The lowest BCUT2D eigenvalue weighted by Crippen LogP contribution is -2.06. The van der Waals surface area contributed by atoms with Gasteiger partial charge in [-0.3, -0.25) is 0 Å². The van der Waals surface area contributed by atoms with Crippen molar-refractivity contribution in [1.29, 1.82) is 0 Å². The van der Waals surface area contributed by atoms with E-state index in [0.29, 0.717) is 11.4 Å². The molecule has 2 rings (SSSR count). The number of ether oxygens (including phenoxy) is 2. The van der Waals surface area contributed by atoms with Crippen LogP contribution in [0.2, 0.25) is 0 Å². The molecule has 1 aromatic carbocycles. The highest BCUT2D eigenvalue weighted by Gasteiger charge is 2.08. The molecule has 0 fully saturated rings. The number of hydrogen-bond acceptors (Lipinski definition) is 4. The molecule has 0 bridgehead atoms. The molecule has 4 nitrogen and oxygen atoms in total. The van der Waals surface area contributed by atoms with Crippen molar-refractivity contribution in [2.45, 2.75) is 13.5 Å². The molecule has 0 atom stereocenters. The Kier molecular flexibility index (Phi) is 4.13. The number of carbonyl (C=O) groups is 1. The Labute approximate surface area is 112 Å². The number of rotatable bonds is 4. The number of hydrogen-bond donors (Lipinski definition) is 0. The summed E-state index contributed by atoms with van der Waals surface area (Å²) in [5, 5.41) is 0. The van der Waals surface area contributed by atoms with Gasteiger partial charge in [0.2, 0.25) is 5.88 Å². The smallest absolute Gasteiger partial charge is 0.340 e. The van der Waals surface area contributed by atoms with Gasteiger partial charge < -0.3 is 9.47 Å². The van der Waals surface area contributed by atoms with E-state index in [4.69, 9.17) is 9.47 Å². The molecule has 0 saturated heterocycles. The minimum absolute atomic E-state index is 0.261. The van der Waals surface area contributed by atoms with Gasteiger partial charge in [0.05, 0.1) is 12.7 Å². The van der Waals surface area contributed by atoms with E-state index in [9.17, 15) is 4.79 Å². The lowest BCUT2D eigenvalue weighted by Gasteiger charge is -2.07. The summed E-state index contributed by atoms with van der Waals surface area (Å²) in [6, 6.07) is 11.1. The summed E-state index contributed by atoms with van der Waals surface area (Å²) in [7, 11) is 1.53. The highest BCUT2D eigenvalue weighted by Crippen LogP contribution is 2.11. The van der Waals surface area contributed by atoms with Gasteiger partial charge in [0.1, 0.15) is 6.61 Å². The Morgan fingerprint density at radius 2 is 2.00 bits per heavy atom. The largest absolute Gasteiger partial charge is 0.481 e. The van der Waals surface area contributed by atoms with E-state index in [1.165, 1.54) is 13.3 Å². The van der Waals surface area contributed by atoms with Gasteiger partial charge in [0.15, 0.2) is 0 Å². The highest BCUT2D eigenvalue weighted by atomic mass is 16.5. The van der Waals surface area contributed by atoms with E-state index in [-0.39, 0.29) is 6.61 Å². The average Bonchev–Trinajstić information content (AvgIpc) is 2.46. The van der Waals surface area contributed by atoms with Gasteiger partial charge in [-0.05, 0) is 24.1 Å². The van der Waals surface area contributed by atoms with Crippen LogP contribution in [0.15, 0.2) is 42.6 Å². The number of esters is 1. The predicted molar refractivity (Wildman–Crippen MR) is 71.1 cm³/mol.